The predicted octanol–water partition coefficient (Wildman–Crippen LogP) is -3.92. The summed E-state index contributed by atoms with van der Waals surface area (Å²) in [5.74, 6) is 0.919. The molecule has 2 aromatic rings. The van der Waals surface area contributed by atoms with Crippen molar-refractivity contribution in [3.05, 3.63) is 80.9 Å². The van der Waals surface area contributed by atoms with Gasteiger partial charge in [-0.2, -0.15) is 0 Å². The molecule has 0 N–H and O–H groups in total. The van der Waals surface area contributed by atoms with E-state index in [9.17, 15) is 0 Å². The van der Waals surface area contributed by atoms with Crippen molar-refractivity contribution in [3.8, 4) is 0 Å². The van der Waals surface area contributed by atoms with Crippen LogP contribution >= 0.6 is 0 Å². The van der Waals surface area contributed by atoms with E-state index in [2.05, 4.69) is 81.1 Å². The van der Waals surface area contributed by atoms with Crippen molar-refractivity contribution >= 4 is 20.3 Å². The van der Waals surface area contributed by atoms with Crippen LogP contribution in [0.4, 0.5) is 0 Å². The molecule has 2 aromatic carbocycles. The number of allylic oxidation sites excluding steroid dienone is 4. The topological polar surface area (TPSA) is 0 Å². The molecule has 0 atom stereocenters. The third-order valence-electron chi connectivity index (χ3n) is 5.97. The van der Waals surface area contributed by atoms with Crippen molar-refractivity contribution in [2.24, 2.45) is 5.92 Å². The standard InChI is InChI=1S/C24H27Si.3ClH.Ti/c1-4-10-19(11-5-1)16-21-17-23(25-22-14-8-3-9-15-22)18-24(21)20-12-6-2-7-13-20;;;;/h2-3,6-9,12-15,19H,1,4-5,10-11,16-17,25H2;3*1H;/q;;;;+3/p-3. The zero-order valence-electron chi connectivity index (χ0n) is 16.6. The summed E-state index contributed by atoms with van der Waals surface area (Å²) in [4.78, 5) is 0. The Morgan fingerprint density at radius 1 is 0.793 bits per heavy atom. The molecule has 0 nitrogen and oxygen atoms in total. The summed E-state index contributed by atoms with van der Waals surface area (Å²) in [5, 5.41) is 3.34. The fourth-order valence-corrected chi connectivity index (χ4v) is 7.48. The van der Waals surface area contributed by atoms with Crippen LogP contribution in [0.2, 0.25) is 0 Å². The van der Waals surface area contributed by atoms with Crippen LogP contribution in [0.5, 0.6) is 0 Å². The normalized spacial score (nSPS) is 17.2. The maximum atomic E-state index is 2.39. The monoisotopic (exact) mass is 496 g/mol. The molecule has 0 unspecified atom stereocenters. The molecule has 0 aliphatic heterocycles. The fourth-order valence-electron chi connectivity index (χ4n) is 4.65. The van der Waals surface area contributed by atoms with E-state index in [0.29, 0.717) is 0 Å². The molecule has 0 heterocycles. The molecule has 0 amide bonds. The van der Waals surface area contributed by atoms with Gasteiger partial charge in [0.05, 0.1) is 0 Å². The molecule has 0 saturated heterocycles. The van der Waals surface area contributed by atoms with Gasteiger partial charge in [0.15, 0.2) is 0 Å². The van der Waals surface area contributed by atoms with Gasteiger partial charge in [0.25, 0.3) is 0 Å². The Morgan fingerprint density at radius 2 is 1.38 bits per heavy atom. The van der Waals surface area contributed by atoms with Gasteiger partial charge in [-0.3, -0.25) is 0 Å². The molecule has 1 fully saturated rings. The zero-order chi connectivity index (χ0) is 17.8. The van der Waals surface area contributed by atoms with Crippen molar-refractivity contribution in [2.45, 2.75) is 44.9 Å². The Kier molecular flexibility index (Phi) is 12.2. The number of hydrogen-bond donors (Lipinski definition) is 0. The Morgan fingerprint density at radius 3 is 2.00 bits per heavy atom. The Balaban J connectivity index is 0.00000140. The summed E-state index contributed by atoms with van der Waals surface area (Å²) in [5.41, 5.74) is 4.77. The van der Waals surface area contributed by atoms with Crippen molar-refractivity contribution < 1.29 is 57.7 Å². The second kappa shape index (κ2) is 13.2. The molecule has 2 aliphatic carbocycles. The van der Waals surface area contributed by atoms with Gasteiger partial charge in [-0.05, 0) is 0 Å². The van der Waals surface area contributed by atoms with E-state index in [4.69, 9.17) is 0 Å². The van der Waals surface area contributed by atoms with Gasteiger partial charge in [0.1, 0.15) is 0 Å². The van der Waals surface area contributed by atoms with Crippen molar-refractivity contribution in [3.63, 3.8) is 0 Å². The second-order valence-corrected chi connectivity index (χ2v) is 10.7. The van der Waals surface area contributed by atoms with Crippen LogP contribution in [-0.2, 0) is 20.4 Å². The number of rotatable bonds is 5. The van der Waals surface area contributed by atoms with Gasteiger partial charge in [-0.1, -0.05) is 0 Å². The summed E-state index contributed by atoms with van der Waals surface area (Å²) < 4.78 is 1.59. The molecule has 152 valence electrons. The summed E-state index contributed by atoms with van der Waals surface area (Å²) in [7, 11) is -0.351. The maximum absolute atomic E-state index is 2.39. The number of halogens is 3. The van der Waals surface area contributed by atoms with E-state index in [1.807, 2.05) is 0 Å². The average molecular weight is 498 g/mol. The molecule has 0 bridgehead atoms. The summed E-state index contributed by atoms with van der Waals surface area (Å²) in [6.07, 6.45) is 9.78. The van der Waals surface area contributed by atoms with Crippen LogP contribution in [0.3, 0.4) is 0 Å². The van der Waals surface area contributed by atoms with Crippen LogP contribution in [-0.4, -0.2) is 9.52 Å². The predicted molar refractivity (Wildman–Crippen MR) is 111 cm³/mol. The quantitative estimate of drug-likeness (QED) is 0.371. The average Bonchev–Trinajstić information content (AvgIpc) is 2.99. The van der Waals surface area contributed by atoms with E-state index in [-0.39, 0.29) is 46.7 Å². The van der Waals surface area contributed by atoms with Crippen LogP contribution in [0.15, 0.2) is 75.3 Å². The summed E-state index contributed by atoms with van der Waals surface area (Å²) >= 11 is 2.39. The van der Waals surface area contributed by atoms with Crippen LogP contribution in [0.1, 0.15) is 50.5 Å². The van der Waals surface area contributed by atoms with Crippen LogP contribution < -0.4 is 42.4 Å². The summed E-state index contributed by atoms with van der Waals surface area (Å²) in [6, 6.07) is 22.3. The first-order chi connectivity index (χ1) is 12.8. The fraction of sp³-hybridized carbons (Fsp3) is 0.333. The SMILES string of the molecule is [Cl-].[Cl-].[Cl-].[Ti+3][C]1=C([SiH2]c2ccccc2)CC(CC2CCCCC2)=C1c1ccccc1. The van der Waals surface area contributed by atoms with Crippen LogP contribution in [0, 0.1) is 5.92 Å². The number of benzene rings is 2. The summed E-state index contributed by atoms with van der Waals surface area (Å²) in [6.45, 7) is 0. The molecular formula is C24H27Cl3SiTi. The molecule has 0 radical (unpaired) electrons. The minimum atomic E-state index is -0.351. The van der Waals surface area contributed by atoms with Crippen LogP contribution in [0.25, 0.3) is 5.57 Å². The zero-order valence-corrected chi connectivity index (χ0v) is 21.9. The molecule has 4 rings (SSSR count). The Hall–Kier alpha value is -0.279. The van der Waals surface area contributed by atoms with Gasteiger partial charge in [0, 0.05) is 0 Å². The molecule has 0 aromatic heterocycles. The van der Waals surface area contributed by atoms with Gasteiger partial charge in [-0.25, -0.2) is 0 Å². The molecule has 0 spiro atoms. The van der Waals surface area contributed by atoms with E-state index in [1.54, 1.807) is 25.4 Å². The van der Waals surface area contributed by atoms with E-state index >= 15 is 0 Å². The van der Waals surface area contributed by atoms with Crippen molar-refractivity contribution in [1.82, 2.24) is 0 Å². The van der Waals surface area contributed by atoms with Gasteiger partial charge >= 0.3 is 172 Å². The van der Waals surface area contributed by atoms with Gasteiger partial charge in [-0.15, -0.1) is 0 Å². The molecule has 29 heavy (non-hydrogen) atoms. The Labute approximate surface area is 208 Å². The number of hydrogen-bond acceptors (Lipinski definition) is 0. The molecule has 5 heteroatoms. The first-order valence-electron chi connectivity index (χ1n) is 10.1. The molecule has 1 saturated carbocycles. The molecular weight excluding hydrogens is 471 g/mol. The van der Waals surface area contributed by atoms with E-state index in [0.717, 1.165) is 5.92 Å². The second-order valence-electron chi connectivity index (χ2n) is 7.87. The van der Waals surface area contributed by atoms with Gasteiger partial charge < -0.3 is 37.2 Å². The third kappa shape index (κ3) is 6.86. The Bertz CT molecular complexity index is 813. The molecule has 2 aliphatic rings. The van der Waals surface area contributed by atoms with Crippen molar-refractivity contribution in [2.75, 3.05) is 0 Å². The minimum absolute atomic E-state index is 0. The van der Waals surface area contributed by atoms with Gasteiger partial charge in [0.2, 0.25) is 0 Å². The first kappa shape index (κ1) is 26.8. The van der Waals surface area contributed by atoms with Crippen molar-refractivity contribution in [1.29, 1.82) is 0 Å². The van der Waals surface area contributed by atoms with E-state index < -0.39 is 0 Å². The third-order valence-corrected chi connectivity index (χ3v) is 9.37. The first-order valence-corrected chi connectivity index (χ1v) is 12.3. The van der Waals surface area contributed by atoms with E-state index in [1.165, 1.54) is 50.5 Å².